The first-order valence-corrected chi connectivity index (χ1v) is 8.19. The standard InChI is InChI=1S/C16H22BrN/c1-11(13-4-6-18-7-5-13)16(17)10-15-9-12-2-3-14(15)8-12/h4-7,11-12,14-16H,2-3,8-10H2,1H3. The molecule has 2 saturated carbocycles. The third kappa shape index (κ3) is 2.49. The average molecular weight is 308 g/mol. The molecule has 0 spiro atoms. The van der Waals surface area contributed by atoms with E-state index in [2.05, 4.69) is 40.0 Å². The first-order chi connectivity index (χ1) is 8.74. The van der Waals surface area contributed by atoms with Crippen LogP contribution < -0.4 is 0 Å². The maximum Gasteiger partial charge on any atom is 0.0270 e. The molecule has 2 heteroatoms. The zero-order valence-electron chi connectivity index (χ0n) is 11.1. The summed E-state index contributed by atoms with van der Waals surface area (Å²) >= 11 is 3.94. The van der Waals surface area contributed by atoms with Crippen LogP contribution in [0.25, 0.3) is 0 Å². The fraction of sp³-hybridized carbons (Fsp3) is 0.688. The van der Waals surface area contributed by atoms with E-state index in [1.54, 1.807) is 0 Å². The summed E-state index contributed by atoms with van der Waals surface area (Å²) in [6, 6.07) is 4.31. The van der Waals surface area contributed by atoms with Crippen LogP contribution in [0.3, 0.4) is 0 Å². The van der Waals surface area contributed by atoms with Crippen LogP contribution in [0.1, 0.15) is 50.5 Å². The Kier molecular flexibility index (Phi) is 3.74. The molecule has 1 nitrogen and oxygen atoms in total. The van der Waals surface area contributed by atoms with E-state index < -0.39 is 0 Å². The molecule has 2 aliphatic carbocycles. The van der Waals surface area contributed by atoms with Crippen LogP contribution in [0, 0.1) is 17.8 Å². The lowest BCUT2D eigenvalue weighted by atomic mass is 9.83. The van der Waals surface area contributed by atoms with Gasteiger partial charge in [0, 0.05) is 17.2 Å². The van der Waals surface area contributed by atoms with Crippen molar-refractivity contribution in [1.29, 1.82) is 0 Å². The molecule has 1 aromatic heterocycles. The molecule has 0 amide bonds. The van der Waals surface area contributed by atoms with Crippen molar-refractivity contribution in [2.24, 2.45) is 17.8 Å². The first kappa shape index (κ1) is 12.7. The Labute approximate surface area is 119 Å². The van der Waals surface area contributed by atoms with Crippen molar-refractivity contribution < 1.29 is 0 Å². The van der Waals surface area contributed by atoms with Gasteiger partial charge in [-0.25, -0.2) is 0 Å². The van der Waals surface area contributed by atoms with E-state index in [0.717, 1.165) is 17.8 Å². The highest BCUT2D eigenvalue weighted by Crippen LogP contribution is 2.51. The molecule has 2 aliphatic rings. The topological polar surface area (TPSA) is 12.9 Å². The average Bonchev–Trinajstić information content (AvgIpc) is 3.01. The molecule has 5 atom stereocenters. The van der Waals surface area contributed by atoms with Gasteiger partial charge in [-0.15, -0.1) is 0 Å². The van der Waals surface area contributed by atoms with Crippen LogP contribution in [-0.4, -0.2) is 9.81 Å². The number of aromatic nitrogens is 1. The van der Waals surface area contributed by atoms with Crippen molar-refractivity contribution in [3.63, 3.8) is 0 Å². The van der Waals surface area contributed by atoms with Gasteiger partial charge < -0.3 is 0 Å². The van der Waals surface area contributed by atoms with E-state index >= 15 is 0 Å². The normalized spacial score (nSPS) is 33.6. The second-order valence-corrected chi connectivity index (χ2v) is 7.43. The minimum absolute atomic E-state index is 0.590. The Balaban J connectivity index is 1.60. The SMILES string of the molecule is CC(c1ccncc1)C(Br)CC1CC2CCC1C2. The number of hydrogen-bond acceptors (Lipinski definition) is 1. The van der Waals surface area contributed by atoms with Crippen LogP contribution in [-0.2, 0) is 0 Å². The maximum absolute atomic E-state index is 4.11. The van der Waals surface area contributed by atoms with E-state index in [0.29, 0.717) is 10.7 Å². The summed E-state index contributed by atoms with van der Waals surface area (Å²) in [5.74, 6) is 3.68. The van der Waals surface area contributed by atoms with Crippen LogP contribution in [0.2, 0.25) is 0 Å². The lowest BCUT2D eigenvalue weighted by Gasteiger charge is -2.27. The van der Waals surface area contributed by atoms with E-state index in [1.165, 1.54) is 37.7 Å². The maximum atomic E-state index is 4.11. The predicted molar refractivity (Wildman–Crippen MR) is 78.9 cm³/mol. The van der Waals surface area contributed by atoms with Gasteiger partial charge in [0.25, 0.3) is 0 Å². The fourth-order valence-electron chi connectivity index (χ4n) is 4.03. The molecule has 5 unspecified atom stereocenters. The van der Waals surface area contributed by atoms with Gasteiger partial charge in [-0.1, -0.05) is 29.3 Å². The monoisotopic (exact) mass is 307 g/mol. The van der Waals surface area contributed by atoms with Crippen LogP contribution in [0.4, 0.5) is 0 Å². The Morgan fingerprint density at radius 3 is 2.67 bits per heavy atom. The van der Waals surface area contributed by atoms with Gasteiger partial charge in [-0.05, 0) is 67.1 Å². The van der Waals surface area contributed by atoms with Gasteiger partial charge in [0.2, 0.25) is 0 Å². The minimum Gasteiger partial charge on any atom is -0.265 e. The zero-order chi connectivity index (χ0) is 12.5. The van der Waals surface area contributed by atoms with Gasteiger partial charge in [-0.3, -0.25) is 4.98 Å². The Hall–Kier alpha value is -0.370. The van der Waals surface area contributed by atoms with E-state index in [1.807, 2.05) is 12.4 Å². The molecule has 2 fully saturated rings. The van der Waals surface area contributed by atoms with E-state index in [-0.39, 0.29) is 0 Å². The van der Waals surface area contributed by atoms with Crippen molar-refractivity contribution in [3.8, 4) is 0 Å². The van der Waals surface area contributed by atoms with Crippen molar-refractivity contribution in [1.82, 2.24) is 4.98 Å². The highest BCUT2D eigenvalue weighted by atomic mass is 79.9. The third-order valence-corrected chi connectivity index (χ3v) is 6.35. The number of alkyl halides is 1. The van der Waals surface area contributed by atoms with Crippen LogP contribution in [0.5, 0.6) is 0 Å². The summed E-state index contributed by atoms with van der Waals surface area (Å²) in [7, 11) is 0. The molecule has 1 heterocycles. The number of rotatable bonds is 4. The molecular formula is C16H22BrN. The molecule has 0 aromatic carbocycles. The van der Waals surface area contributed by atoms with Crippen molar-refractivity contribution in [2.75, 3.05) is 0 Å². The summed E-state index contributed by atoms with van der Waals surface area (Å²) in [5, 5.41) is 0. The number of pyridine rings is 1. The lowest BCUT2D eigenvalue weighted by Crippen LogP contribution is -2.19. The summed E-state index contributed by atoms with van der Waals surface area (Å²) < 4.78 is 0. The van der Waals surface area contributed by atoms with Crippen LogP contribution in [0.15, 0.2) is 24.5 Å². The predicted octanol–water partition coefficient (Wildman–Crippen LogP) is 4.77. The van der Waals surface area contributed by atoms with Crippen molar-refractivity contribution in [2.45, 2.75) is 49.8 Å². The molecule has 3 rings (SSSR count). The number of fused-ring (bicyclic) bond motifs is 2. The van der Waals surface area contributed by atoms with Gasteiger partial charge in [0.15, 0.2) is 0 Å². The van der Waals surface area contributed by atoms with Gasteiger partial charge >= 0.3 is 0 Å². The molecule has 18 heavy (non-hydrogen) atoms. The third-order valence-electron chi connectivity index (χ3n) is 5.19. The molecule has 0 radical (unpaired) electrons. The molecule has 0 N–H and O–H groups in total. The highest BCUT2D eigenvalue weighted by Gasteiger charge is 2.40. The Bertz CT molecular complexity index is 391. The molecule has 98 valence electrons. The summed E-state index contributed by atoms with van der Waals surface area (Å²) in [4.78, 5) is 4.72. The lowest BCUT2D eigenvalue weighted by molar-refractivity contribution is 0.307. The van der Waals surface area contributed by atoms with E-state index in [4.69, 9.17) is 0 Å². The van der Waals surface area contributed by atoms with Crippen molar-refractivity contribution >= 4 is 15.9 Å². The Morgan fingerprint density at radius 1 is 1.28 bits per heavy atom. The van der Waals surface area contributed by atoms with Gasteiger partial charge in [0.1, 0.15) is 0 Å². The Morgan fingerprint density at radius 2 is 2.06 bits per heavy atom. The minimum atomic E-state index is 0.590. The van der Waals surface area contributed by atoms with Gasteiger partial charge in [-0.2, -0.15) is 0 Å². The largest absolute Gasteiger partial charge is 0.265 e. The molecule has 1 aromatic rings. The molecule has 0 saturated heterocycles. The second kappa shape index (κ2) is 5.32. The molecule has 2 bridgehead atoms. The van der Waals surface area contributed by atoms with Crippen LogP contribution >= 0.6 is 15.9 Å². The van der Waals surface area contributed by atoms with Gasteiger partial charge in [0.05, 0.1) is 0 Å². The molecular weight excluding hydrogens is 286 g/mol. The summed E-state index contributed by atoms with van der Waals surface area (Å²) in [5.41, 5.74) is 1.41. The quantitative estimate of drug-likeness (QED) is 0.730. The van der Waals surface area contributed by atoms with E-state index in [9.17, 15) is 0 Å². The number of nitrogens with zero attached hydrogens (tertiary/aromatic N) is 1. The number of hydrogen-bond donors (Lipinski definition) is 0. The molecule has 0 aliphatic heterocycles. The smallest absolute Gasteiger partial charge is 0.0270 e. The second-order valence-electron chi connectivity index (χ2n) is 6.26. The zero-order valence-corrected chi connectivity index (χ0v) is 12.6. The fourth-order valence-corrected chi connectivity index (χ4v) is 4.82. The van der Waals surface area contributed by atoms with Crippen molar-refractivity contribution in [3.05, 3.63) is 30.1 Å². The summed E-state index contributed by atoms with van der Waals surface area (Å²) in [6.45, 7) is 2.34. The highest BCUT2D eigenvalue weighted by molar-refractivity contribution is 9.09. The first-order valence-electron chi connectivity index (χ1n) is 7.28. The summed E-state index contributed by atoms with van der Waals surface area (Å²) in [6.07, 6.45) is 11.2. The number of halogens is 1.